The number of ketones is 1. The minimum absolute atomic E-state index is 0.0231. The Labute approximate surface area is 138 Å². The lowest BCUT2D eigenvalue weighted by Crippen LogP contribution is -2.40. The van der Waals surface area contributed by atoms with Gasteiger partial charge in [0.25, 0.3) is 0 Å². The fourth-order valence-electron chi connectivity index (χ4n) is 3.39. The molecule has 1 saturated carbocycles. The summed E-state index contributed by atoms with van der Waals surface area (Å²) in [7, 11) is -1.15. The van der Waals surface area contributed by atoms with Crippen LogP contribution in [0.25, 0.3) is 0 Å². The molecule has 1 atom stereocenters. The van der Waals surface area contributed by atoms with E-state index in [1.807, 2.05) is 12.1 Å². The topological polar surface area (TPSA) is 59.5 Å². The largest absolute Gasteiger partial charge is 0.361 e. The highest BCUT2D eigenvalue weighted by molar-refractivity contribution is 6.76. The molecule has 0 aromatic carbocycles. The Kier molecular flexibility index (Phi) is 4.14. The molecular formula is C17H24N2O3Si. The highest BCUT2D eigenvalue weighted by atomic mass is 28.3. The fourth-order valence-corrected chi connectivity index (χ4v) is 4.14. The molecule has 6 heteroatoms. The molecule has 0 radical (unpaired) electrons. The number of fused-ring (bicyclic) bond motifs is 2. The molecule has 2 heterocycles. The highest BCUT2D eigenvalue weighted by Gasteiger charge is 2.55. The Morgan fingerprint density at radius 3 is 2.78 bits per heavy atom. The molecule has 124 valence electrons. The van der Waals surface area contributed by atoms with Crippen molar-refractivity contribution >= 4 is 25.6 Å². The van der Waals surface area contributed by atoms with Gasteiger partial charge in [-0.05, 0) is 18.5 Å². The quantitative estimate of drug-likeness (QED) is 0.614. The van der Waals surface area contributed by atoms with Crippen LogP contribution in [-0.2, 0) is 19.7 Å². The number of amides is 1. The fraction of sp³-hybridized carbons (Fsp3) is 0.588. The van der Waals surface area contributed by atoms with Crippen molar-refractivity contribution < 1.29 is 14.3 Å². The molecule has 1 aliphatic carbocycles. The number of carbonyl (C=O) groups is 2. The lowest BCUT2D eigenvalue weighted by Gasteiger charge is -2.23. The normalized spacial score (nSPS) is 23.9. The number of Topliss-reactive ketones (excluding diaryl/α,β-unsaturated/α-hetero) is 1. The van der Waals surface area contributed by atoms with Gasteiger partial charge >= 0.3 is 0 Å². The van der Waals surface area contributed by atoms with Crippen molar-refractivity contribution in [1.82, 2.24) is 4.98 Å². The Hall–Kier alpha value is -1.53. The monoisotopic (exact) mass is 332 g/mol. The van der Waals surface area contributed by atoms with Gasteiger partial charge in [0.05, 0.1) is 5.41 Å². The van der Waals surface area contributed by atoms with Crippen LogP contribution in [0.1, 0.15) is 24.8 Å². The summed E-state index contributed by atoms with van der Waals surface area (Å²) in [6.45, 7) is 7.78. The minimum atomic E-state index is -1.15. The van der Waals surface area contributed by atoms with Crippen LogP contribution < -0.4 is 4.90 Å². The zero-order valence-corrected chi connectivity index (χ0v) is 15.1. The summed E-state index contributed by atoms with van der Waals surface area (Å²) in [5.41, 5.74) is 0.202. The summed E-state index contributed by atoms with van der Waals surface area (Å²) in [6, 6.07) is 4.83. The van der Waals surface area contributed by atoms with E-state index in [1.54, 1.807) is 11.1 Å². The molecule has 23 heavy (non-hydrogen) atoms. The molecule has 5 nitrogen and oxygen atoms in total. The van der Waals surface area contributed by atoms with Crippen molar-refractivity contribution in [1.29, 1.82) is 0 Å². The Morgan fingerprint density at radius 1 is 1.35 bits per heavy atom. The summed E-state index contributed by atoms with van der Waals surface area (Å²) >= 11 is 0. The van der Waals surface area contributed by atoms with Crippen molar-refractivity contribution in [2.75, 3.05) is 18.2 Å². The maximum atomic E-state index is 13.0. The third-order valence-corrected chi connectivity index (χ3v) is 6.46. The maximum Gasteiger partial charge on any atom is 0.241 e. The Balaban J connectivity index is 1.77. The second-order valence-electron chi connectivity index (χ2n) is 7.75. The molecule has 1 amide bonds. The van der Waals surface area contributed by atoms with Crippen molar-refractivity contribution in [3.05, 3.63) is 23.9 Å². The van der Waals surface area contributed by atoms with Gasteiger partial charge in [-0.25, -0.2) is 4.98 Å². The van der Waals surface area contributed by atoms with Crippen LogP contribution in [0.2, 0.25) is 25.7 Å². The number of nitrogens with zero attached hydrogens (tertiary/aromatic N) is 2. The van der Waals surface area contributed by atoms with Crippen molar-refractivity contribution in [3.63, 3.8) is 0 Å². The molecule has 1 fully saturated rings. The number of hydrogen-bond donors (Lipinski definition) is 0. The first-order valence-corrected chi connectivity index (χ1v) is 11.9. The van der Waals surface area contributed by atoms with Crippen molar-refractivity contribution in [2.24, 2.45) is 0 Å². The van der Waals surface area contributed by atoms with E-state index in [9.17, 15) is 9.59 Å². The molecule has 1 aromatic rings. The van der Waals surface area contributed by atoms with Gasteiger partial charge < -0.3 is 4.74 Å². The van der Waals surface area contributed by atoms with E-state index in [0.717, 1.165) is 11.6 Å². The highest BCUT2D eigenvalue weighted by Crippen LogP contribution is 2.49. The van der Waals surface area contributed by atoms with Crippen LogP contribution in [0, 0.1) is 0 Å². The summed E-state index contributed by atoms with van der Waals surface area (Å²) in [6.07, 6.45) is 3.06. The number of pyridine rings is 1. The number of anilines is 1. The van der Waals surface area contributed by atoms with Gasteiger partial charge in [0.2, 0.25) is 5.91 Å². The zero-order chi connectivity index (χ0) is 16.7. The standard InChI is InChI=1S/C17H24N2O3Si/c1-23(2,3)10-9-22-12-19-15-14(5-4-8-18-15)17(16(19)21)7-6-13(20)11-17/h4-5,8H,6-7,9-12H2,1-3H3. The average molecular weight is 332 g/mol. The van der Waals surface area contributed by atoms with Crippen LogP contribution >= 0.6 is 0 Å². The van der Waals surface area contributed by atoms with Gasteiger partial charge in [0, 0.05) is 39.3 Å². The van der Waals surface area contributed by atoms with Gasteiger partial charge in [-0.2, -0.15) is 0 Å². The lowest BCUT2D eigenvalue weighted by molar-refractivity contribution is -0.126. The maximum absolute atomic E-state index is 13.0. The molecule has 1 aliphatic heterocycles. The summed E-state index contributed by atoms with van der Waals surface area (Å²) in [4.78, 5) is 30.8. The minimum Gasteiger partial charge on any atom is -0.361 e. The predicted molar refractivity (Wildman–Crippen MR) is 91.2 cm³/mol. The molecule has 2 aliphatic rings. The molecule has 0 saturated heterocycles. The smallest absolute Gasteiger partial charge is 0.241 e. The van der Waals surface area contributed by atoms with E-state index in [0.29, 0.717) is 31.7 Å². The summed E-state index contributed by atoms with van der Waals surface area (Å²) < 4.78 is 5.77. The number of hydrogen-bond acceptors (Lipinski definition) is 4. The summed E-state index contributed by atoms with van der Waals surface area (Å²) in [5, 5.41) is 0. The Morgan fingerprint density at radius 2 is 2.13 bits per heavy atom. The predicted octanol–water partition coefficient (Wildman–Crippen LogP) is 2.73. The van der Waals surface area contributed by atoms with Gasteiger partial charge in [-0.3, -0.25) is 14.5 Å². The van der Waals surface area contributed by atoms with Crippen molar-refractivity contribution in [2.45, 2.75) is 50.4 Å². The first-order chi connectivity index (χ1) is 10.8. The molecule has 1 aromatic heterocycles. The van der Waals surface area contributed by atoms with Gasteiger partial charge in [-0.15, -0.1) is 0 Å². The first-order valence-electron chi connectivity index (χ1n) is 8.20. The van der Waals surface area contributed by atoms with E-state index < -0.39 is 13.5 Å². The second-order valence-corrected chi connectivity index (χ2v) is 13.4. The number of rotatable bonds is 5. The van der Waals surface area contributed by atoms with E-state index in [-0.39, 0.29) is 18.4 Å². The number of aromatic nitrogens is 1. The lowest BCUT2D eigenvalue weighted by atomic mass is 9.81. The molecular weight excluding hydrogens is 308 g/mol. The SMILES string of the molecule is C[Si](C)(C)CCOCN1C(=O)C2(CCC(=O)C2)c2cccnc21. The molecule has 3 rings (SSSR count). The van der Waals surface area contributed by atoms with E-state index in [2.05, 4.69) is 24.6 Å². The average Bonchev–Trinajstić information content (AvgIpc) is 2.98. The van der Waals surface area contributed by atoms with Crippen LogP contribution in [0.5, 0.6) is 0 Å². The molecule has 1 unspecified atom stereocenters. The van der Waals surface area contributed by atoms with Crippen LogP contribution in [-0.4, -0.2) is 38.1 Å². The molecule has 0 N–H and O–H groups in total. The third-order valence-electron chi connectivity index (χ3n) is 4.76. The molecule has 0 bridgehead atoms. The van der Waals surface area contributed by atoms with Crippen molar-refractivity contribution in [3.8, 4) is 0 Å². The first kappa shape index (κ1) is 16.3. The zero-order valence-electron chi connectivity index (χ0n) is 14.1. The molecule has 1 spiro atoms. The number of ether oxygens (including phenoxy) is 1. The van der Waals surface area contributed by atoms with Gasteiger partial charge in [0.1, 0.15) is 18.3 Å². The van der Waals surface area contributed by atoms with E-state index >= 15 is 0 Å². The Bertz CT molecular complexity index is 641. The van der Waals surface area contributed by atoms with Crippen LogP contribution in [0.3, 0.4) is 0 Å². The van der Waals surface area contributed by atoms with Crippen LogP contribution in [0.4, 0.5) is 5.82 Å². The van der Waals surface area contributed by atoms with Gasteiger partial charge in [0.15, 0.2) is 0 Å². The second kappa shape index (κ2) is 5.83. The summed E-state index contributed by atoms with van der Waals surface area (Å²) in [5.74, 6) is 0.805. The van der Waals surface area contributed by atoms with E-state index in [4.69, 9.17) is 4.74 Å². The number of carbonyl (C=O) groups excluding carboxylic acids is 2. The van der Waals surface area contributed by atoms with Gasteiger partial charge in [-0.1, -0.05) is 25.7 Å². The van der Waals surface area contributed by atoms with Crippen LogP contribution in [0.15, 0.2) is 18.3 Å². The third kappa shape index (κ3) is 2.97. The van der Waals surface area contributed by atoms with E-state index in [1.165, 1.54) is 0 Å².